The fourth-order valence-corrected chi connectivity index (χ4v) is 3.11. The van der Waals surface area contributed by atoms with E-state index in [0.29, 0.717) is 24.3 Å². The number of nitrogens with zero attached hydrogens (tertiary/aromatic N) is 3. The minimum atomic E-state index is -0.411. The van der Waals surface area contributed by atoms with Crippen molar-refractivity contribution in [2.75, 3.05) is 11.4 Å². The lowest BCUT2D eigenvalue weighted by molar-refractivity contribution is -0.117. The van der Waals surface area contributed by atoms with Gasteiger partial charge in [0.15, 0.2) is 0 Å². The number of carbonyl (C=O) groups excluding carboxylic acids is 2. The van der Waals surface area contributed by atoms with Crippen LogP contribution in [0.5, 0.6) is 5.75 Å². The van der Waals surface area contributed by atoms with Crippen LogP contribution in [0.3, 0.4) is 0 Å². The van der Waals surface area contributed by atoms with Gasteiger partial charge in [-0.15, -0.1) is 0 Å². The molecule has 1 aromatic heterocycles. The number of esters is 1. The molecule has 136 valence electrons. The molecule has 1 fully saturated rings. The average Bonchev–Trinajstić information content (AvgIpc) is 3.35. The first-order chi connectivity index (χ1) is 13.2. The first kappa shape index (κ1) is 17.0. The summed E-state index contributed by atoms with van der Waals surface area (Å²) in [6, 6.07) is 16.2. The number of hydrogen-bond donors (Lipinski definition) is 0. The Hall–Kier alpha value is -3.41. The number of carbonyl (C=O) groups is 2. The first-order valence-electron chi connectivity index (χ1n) is 8.88. The summed E-state index contributed by atoms with van der Waals surface area (Å²) in [5, 5.41) is 4.17. The fraction of sp³-hybridized carbons (Fsp3) is 0.190. The van der Waals surface area contributed by atoms with Crippen molar-refractivity contribution in [3.63, 3.8) is 0 Å². The van der Waals surface area contributed by atoms with Gasteiger partial charge in [-0.05, 0) is 54.4 Å². The van der Waals surface area contributed by atoms with E-state index in [9.17, 15) is 9.59 Å². The molecule has 0 N–H and O–H groups in total. The Kier molecular flexibility index (Phi) is 4.70. The van der Waals surface area contributed by atoms with Crippen molar-refractivity contribution < 1.29 is 14.3 Å². The molecule has 27 heavy (non-hydrogen) atoms. The van der Waals surface area contributed by atoms with E-state index < -0.39 is 5.97 Å². The van der Waals surface area contributed by atoms with E-state index >= 15 is 0 Å². The molecule has 1 aliphatic heterocycles. The van der Waals surface area contributed by atoms with Gasteiger partial charge in [-0.1, -0.05) is 12.1 Å². The predicted octanol–water partition coefficient (Wildman–Crippen LogP) is 3.28. The molecule has 0 radical (unpaired) electrons. The second-order valence-electron chi connectivity index (χ2n) is 6.43. The molecule has 6 heteroatoms. The second-order valence-corrected chi connectivity index (χ2v) is 6.43. The van der Waals surface area contributed by atoms with Crippen LogP contribution in [0.15, 0.2) is 67.0 Å². The number of amides is 1. The smallest absolute Gasteiger partial charge is 0.343 e. The van der Waals surface area contributed by atoms with Crippen molar-refractivity contribution in [1.82, 2.24) is 9.78 Å². The Morgan fingerprint density at radius 1 is 1.07 bits per heavy atom. The number of benzene rings is 2. The Morgan fingerprint density at radius 3 is 2.48 bits per heavy atom. The molecule has 1 aliphatic rings. The molecule has 0 saturated carbocycles. The number of hydrogen-bond acceptors (Lipinski definition) is 4. The van der Waals surface area contributed by atoms with E-state index in [1.807, 2.05) is 29.1 Å². The lowest BCUT2D eigenvalue weighted by Gasteiger charge is -2.15. The molecule has 0 spiro atoms. The summed E-state index contributed by atoms with van der Waals surface area (Å²) in [7, 11) is 0. The predicted molar refractivity (Wildman–Crippen MR) is 101 cm³/mol. The van der Waals surface area contributed by atoms with Crippen LogP contribution < -0.4 is 9.64 Å². The van der Waals surface area contributed by atoms with Crippen LogP contribution in [0.2, 0.25) is 0 Å². The van der Waals surface area contributed by atoms with Crippen LogP contribution in [-0.4, -0.2) is 28.2 Å². The van der Waals surface area contributed by atoms with Crippen molar-refractivity contribution in [2.45, 2.75) is 19.4 Å². The Balaban J connectivity index is 1.39. The van der Waals surface area contributed by atoms with Gasteiger partial charge in [-0.3, -0.25) is 9.48 Å². The Labute approximate surface area is 157 Å². The van der Waals surface area contributed by atoms with Gasteiger partial charge in [0, 0.05) is 31.0 Å². The standard InChI is InChI=1S/C21H19N3O3/c25-20-3-1-14-24(20)18-8-10-19(11-9-18)27-21(26)17-6-4-16(5-7-17)15-23-13-2-12-22-23/h2,4-13H,1,3,14-15H2. The van der Waals surface area contributed by atoms with Crippen molar-refractivity contribution in [3.05, 3.63) is 78.1 Å². The summed E-state index contributed by atoms with van der Waals surface area (Å²) in [5.41, 5.74) is 2.37. The van der Waals surface area contributed by atoms with Gasteiger partial charge in [0.2, 0.25) is 5.91 Å². The van der Waals surface area contributed by atoms with Gasteiger partial charge in [-0.25, -0.2) is 4.79 Å². The molecule has 6 nitrogen and oxygen atoms in total. The average molecular weight is 361 g/mol. The van der Waals surface area contributed by atoms with Crippen LogP contribution in [0, 0.1) is 0 Å². The van der Waals surface area contributed by atoms with Gasteiger partial charge in [0.05, 0.1) is 12.1 Å². The minimum absolute atomic E-state index is 0.134. The van der Waals surface area contributed by atoms with Crippen molar-refractivity contribution in [3.8, 4) is 5.75 Å². The van der Waals surface area contributed by atoms with Crippen LogP contribution in [-0.2, 0) is 11.3 Å². The maximum atomic E-state index is 12.3. The number of rotatable bonds is 5. The number of ether oxygens (including phenoxy) is 1. The van der Waals surface area contributed by atoms with Gasteiger partial charge in [0.1, 0.15) is 5.75 Å². The van der Waals surface area contributed by atoms with E-state index in [2.05, 4.69) is 5.10 Å². The van der Waals surface area contributed by atoms with E-state index in [1.54, 1.807) is 47.5 Å². The highest BCUT2D eigenvalue weighted by molar-refractivity contribution is 5.95. The summed E-state index contributed by atoms with van der Waals surface area (Å²) in [4.78, 5) is 25.9. The van der Waals surface area contributed by atoms with Gasteiger partial charge in [0.25, 0.3) is 0 Å². The van der Waals surface area contributed by atoms with Crippen LogP contribution >= 0.6 is 0 Å². The lowest BCUT2D eigenvalue weighted by Crippen LogP contribution is -2.23. The largest absolute Gasteiger partial charge is 0.423 e. The third-order valence-electron chi connectivity index (χ3n) is 4.53. The van der Waals surface area contributed by atoms with E-state index in [-0.39, 0.29) is 5.91 Å². The second kappa shape index (κ2) is 7.45. The highest BCUT2D eigenvalue weighted by Gasteiger charge is 2.21. The topological polar surface area (TPSA) is 64.4 Å². The van der Waals surface area contributed by atoms with Crippen LogP contribution in [0.4, 0.5) is 5.69 Å². The van der Waals surface area contributed by atoms with Crippen LogP contribution in [0.1, 0.15) is 28.8 Å². The molecule has 4 rings (SSSR count). The van der Waals surface area contributed by atoms with Gasteiger partial charge < -0.3 is 9.64 Å². The highest BCUT2D eigenvalue weighted by Crippen LogP contribution is 2.24. The summed E-state index contributed by atoms with van der Waals surface area (Å²) >= 11 is 0. The normalized spacial score (nSPS) is 13.8. The Morgan fingerprint density at radius 2 is 1.85 bits per heavy atom. The highest BCUT2D eigenvalue weighted by atomic mass is 16.5. The zero-order valence-electron chi connectivity index (χ0n) is 14.7. The molecule has 2 aromatic carbocycles. The molecule has 0 aliphatic carbocycles. The molecule has 1 amide bonds. The molecule has 1 saturated heterocycles. The van der Waals surface area contributed by atoms with E-state index in [4.69, 9.17) is 4.74 Å². The van der Waals surface area contributed by atoms with Gasteiger partial charge >= 0.3 is 5.97 Å². The lowest BCUT2D eigenvalue weighted by atomic mass is 10.1. The molecule has 3 aromatic rings. The fourth-order valence-electron chi connectivity index (χ4n) is 3.11. The quantitative estimate of drug-likeness (QED) is 0.517. The summed E-state index contributed by atoms with van der Waals surface area (Å²) < 4.78 is 7.25. The molecular formula is C21H19N3O3. The monoisotopic (exact) mass is 361 g/mol. The number of aromatic nitrogens is 2. The summed E-state index contributed by atoms with van der Waals surface area (Å²) in [6.07, 6.45) is 5.09. The van der Waals surface area contributed by atoms with Gasteiger partial charge in [-0.2, -0.15) is 5.10 Å². The van der Waals surface area contributed by atoms with E-state index in [0.717, 1.165) is 24.2 Å². The van der Waals surface area contributed by atoms with Crippen molar-refractivity contribution in [1.29, 1.82) is 0 Å². The molecular weight excluding hydrogens is 342 g/mol. The molecule has 0 bridgehead atoms. The Bertz CT molecular complexity index is 932. The molecule has 0 atom stereocenters. The third-order valence-corrected chi connectivity index (χ3v) is 4.53. The van der Waals surface area contributed by atoms with Crippen molar-refractivity contribution >= 4 is 17.6 Å². The van der Waals surface area contributed by atoms with E-state index in [1.165, 1.54) is 0 Å². The minimum Gasteiger partial charge on any atom is -0.423 e. The van der Waals surface area contributed by atoms with Crippen molar-refractivity contribution in [2.24, 2.45) is 0 Å². The summed E-state index contributed by atoms with van der Waals surface area (Å²) in [6.45, 7) is 1.39. The maximum absolute atomic E-state index is 12.3. The summed E-state index contributed by atoms with van der Waals surface area (Å²) in [5.74, 6) is 0.177. The van der Waals surface area contributed by atoms with Crippen LogP contribution in [0.25, 0.3) is 0 Å². The third kappa shape index (κ3) is 3.89. The molecule has 0 unspecified atom stereocenters. The number of anilines is 1. The molecule has 2 heterocycles. The maximum Gasteiger partial charge on any atom is 0.343 e. The SMILES string of the molecule is O=C(Oc1ccc(N2CCCC2=O)cc1)c1ccc(Cn2cccn2)cc1. The zero-order valence-corrected chi connectivity index (χ0v) is 14.7. The first-order valence-corrected chi connectivity index (χ1v) is 8.88. The zero-order chi connectivity index (χ0) is 18.6.